The summed E-state index contributed by atoms with van der Waals surface area (Å²) in [5.41, 5.74) is 2.33. The molecular weight excluding hydrogens is 344 g/mol. The van der Waals surface area contributed by atoms with E-state index in [1.165, 1.54) is 5.56 Å². The molecule has 0 spiro atoms. The molecule has 5 nitrogen and oxygen atoms in total. The number of carbonyl (C=O) groups excluding carboxylic acids is 1. The van der Waals surface area contributed by atoms with Crippen molar-refractivity contribution in [1.82, 2.24) is 0 Å². The van der Waals surface area contributed by atoms with Gasteiger partial charge >= 0.3 is 5.97 Å². The van der Waals surface area contributed by atoms with Gasteiger partial charge in [-0.15, -0.1) is 0 Å². The lowest BCUT2D eigenvalue weighted by molar-refractivity contribution is -0.144. The van der Waals surface area contributed by atoms with Gasteiger partial charge in [-0.2, -0.15) is 0 Å². The Balaban J connectivity index is 2.19. The summed E-state index contributed by atoms with van der Waals surface area (Å²) >= 11 is 0. The molecule has 0 fully saturated rings. The van der Waals surface area contributed by atoms with Gasteiger partial charge in [0.1, 0.15) is 18.1 Å². The molecule has 0 unspecified atom stereocenters. The van der Waals surface area contributed by atoms with Crippen molar-refractivity contribution in [3.8, 4) is 11.5 Å². The molecule has 2 rings (SSSR count). The van der Waals surface area contributed by atoms with Crippen LogP contribution in [-0.4, -0.2) is 38.5 Å². The van der Waals surface area contributed by atoms with E-state index >= 15 is 0 Å². The first-order valence-electron chi connectivity index (χ1n) is 9.13. The molecule has 0 saturated heterocycles. The number of carbonyl (C=O) groups is 1. The van der Waals surface area contributed by atoms with Crippen molar-refractivity contribution in [2.75, 3.05) is 27.4 Å². The van der Waals surface area contributed by atoms with Crippen LogP contribution in [0.25, 0.3) is 0 Å². The molecule has 2 aromatic carbocycles. The van der Waals surface area contributed by atoms with Crippen LogP contribution in [0.2, 0.25) is 0 Å². The van der Waals surface area contributed by atoms with Crippen molar-refractivity contribution in [3.63, 3.8) is 0 Å². The van der Waals surface area contributed by atoms with Gasteiger partial charge in [0.25, 0.3) is 0 Å². The zero-order valence-corrected chi connectivity index (χ0v) is 16.2. The summed E-state index contributed by atoms with van der Waals surface area (Å²) in [6.07, 6.45) is 0.959. The highest BCUT2D eigenvalue weighted by molar-refractivity contribution is 5.69. The Morgan fingerprint density at radius 3 is 1.93 bits per heavy atom. The minimum atomic E-state index is -0.288. The van der Waals surface area contributed by atoms with Crippen molar-refractivity contribution >= 4 is 5.97 Å². The Morgan fingerprint density at radius 2 is 1.44 bits per heavy atom. The van der Waals surface area contributed by atoms with Gasteiger partial charge in [0.05, 0.1) is 20.8 Å². The highest BCUT2D eigenvalue weighted by Gasteiger charge is 2.22. The summed E-state index contributed by atoms with van der Waals surface area (Å²) in [6, 6.07) is 16.0. The zero-order valence-electron chi connectivity index (χ0n) is 16.2. The van der Waals surface area contributed by atoms with Gasteiger partial charge in [-0.1, -0.05) is 31.2 Å². The van der Waals surface area contributed by atoms with Crippen LogP contribution in [0.5, 0.6) is 11.5 Å². The molecule has 0 aliphatic rings. The van der Waals surface area contributed by atoms with Crippen molar-refractivity contribution in [2.45, 2.75) is 31.6 Å². The number of hydrogen-bond acceptors (Lipinski definition) is 5. The Hall–Kier alpha value is -2.53. The highest BCUT2D eigenvalue weighted by Crippen LogP contribution is 2.37. The van der Waals surface area contributed by atoms with Crippen LogP contribution < -0.4 is 9.47 Å². The van der Waals surface area contributed by atoms with Crippen LogP contribution in [0, 0.1) is 0 Å². The fraction of sp³-hybridized carbons (Fsp3) is 0.409. The first-order valence-corrected chi connectivity index (χ1v) is 9.13. The predicted molar refractivity (Wildman–Crippen MR) is 104 cm³/mol. The smallest absolute Gasteiger partial charge is 0.305 e. The lowest BCUT2D eigenvalue weighted by Gasteiger charge is -2.25. The number of aliphatic hydroxyl groups is 1. The minimum absolute atomic E-state index is 0.0417. The van der Waals surface area contributed by atoms with Crippen LogP contribution in [-0.2, 0) is 9.53 Å². The van der Waals surface area contributed by atoms with Gasteiger partial charge in [-0.05, 0) is 53.6 Å². The quantitative estimate of drug-likeness (QED) is 0.641. The molecular formula is C22H28O5. The van der Waals surface area contributed by atoms with E-state index in [0.717, 1.165) is 17.1 Å². The minimum Gasteiger partial charge on any atom is -0.497 e. The number of esters is 1. The maximum Gasteiger partial charge on any atom is 0.305 e. The molecule has 0 saturated carbocycles. The molecule has 2 aromatic rings. The topological polar surface area (TPSA) is 65.0 Å². The molecule has 0 bridgehead atoms. The molecule has 146 valence electrons. The van der Waals surface area contributed by atoms with Crippen molar-refractivity contribution in [1.29, 1.82) is 0 Å². The molecule has 0 aliphatic carbocycles. The van der Waals surface area contributed by atoms with Crippen LogP contribution in [0.4, 0.5) is 0 Å². The van der Waals surface area contributed by atoms with Gasteiger partial charge in [0, 0.05) is 6.42 Å². The number of benzene rings is 2. The largest absolute Gasteiger partial charge is 0.497 e. The average molecular weight is 372 g/mol. The van der Waals surface area contributed by atoms with E-state index in [4.69, 9.17) is 19.3 Å². The van der Waals surface area contributed by atoms with Crippen LogP contribution in [0.3, 0.4) is 0 Å². The molecule has 2 atom stereocenters. The summed E-state index contributed by atoms with van der Waals surface area (Å²) in [5.74, 6) is 1.68. The molecule has 0 heterocycles. The number of methoxy groups -OCH3 is 2. The normalized spacial score (nSPS) is 12.9. The average Bonchev–Trinajstić information content (AvgIpc) is 2.72. The van der Waals surface area contributed by atoms with Crippen molar-refractivity contribution < 1.29 is 24.1 Å². The fourth-order valence-corrected chi connectivity index (χ4v) is 3.20. The fourth-order valence-electron chi connectivity index (χ4n) is 3.20. The van der Waals surface area contributed by atoms with E-state index in [9.17, 15) is 4.79 Å². The predicted octanol–water partition coefficient (Wildman–Crippen LogP) is 3.91. The van der Waals surface area contributed by atoms with Crippen LogP contribution in [0.1, 0.15) is 42.7 Å². The summed E-state index contributed by atoms with van der Waals surface area (Å²) in [5, 5.41) is 8.80. The first-order chi connectivity index (χ1) is 13.1. The highest BCUT2D eigenvalue weighted by atomic mass is 16.5. The summed E-state index contributed by atoms with van der Waals surface area (Å²) in [4.78, 5) is 11.9. The third-order valence-electron chi connectivity index (χ3n) is 4.80. The zero-order chi connectivity index (χ0) is 19.6. The van der Waals surface area contributed by atoms with E-state index in [0.29, 0.717) is 12.8 Å². The second-order valence-corrected chi connectivity index (χ2v) is 6.42. The maximum absolute atomic E-state index is 11.9. The molecule has 0 aromatic heterocycles. The summed E-state index contributed by atoms with van der Waals surface area (Å²) in [7, 11) is 3.29. The van der Waals surface area contributed by atoms with Crippen LogP contribution >= 0.6 is 0 Å². The Bertz CT molecular complexity index is 694. The van der Waals surface area contributed by atoms with E-state index in [1.54, 1.807) is 14.2 Å². The molecule has 5 heteroatoms. The number of ether oxygens (including phenoxy) is 3. The molecule has 0 aliphatic heterocycles. The first kappa shape index (κ1) is 20.8. The van der Waals surface area contributed by atoms with Crippen molar-refractivity contribution in [2.24, 2.45) is 0 Å². The van der Waals surface area contributed by atoms with Gasteiger partial charge in [-0.25, -0.2) is 0 Å². The summed E-state index contributed by atoms with van der Waals surface area (Å²) in [6.45, 7) is 2.05. The molecule has 0 radical (unpaired) electrons. The van der Waals surface area contributed by atoms with Gasteiger partial charge in [0.15, 0.2) is 0 Å². The van der Waals surface area contributed by atoms with E-state index in [-0.39, 0.29) is 31.0 Å². The number of hydrogen-bond donors (Lipinski definition) is 1. The monoisotopic (exact) mass is 372 g/mol. The standard InChI is InChI=1S/C22H28O5/c1-16(17-4-8-19(25-2)9-5-17)21(12-13-22(24)27-15-14-23)18-6-10-20(26-3)11-7-18/h4-11,16,21,23H,12-15H2,1-3H3/t16-,21-/m1/s1. The Morgan fingerprint density at radius 1 is 0.926 bits per heavy atom. The Labute approximate surface area is 160 Å². The van der Waals surface area contributed by atoms with E-state index in [1.807, 2.05) is 36.4 Å². The molecule has 1 N–H and O–H groups in total. The van der Waals surface area contributed by atoms with E-state index in [2.05, 4.69) is 19.1 Å². The van der Waals surface area contributed by atoms with Crippen LogP contribution in [0.15, 0.2) is 48.5 Å². The van der Waals surface area contributed by atoms with E-state index < -0.39 is 0 Å². The number of rotatable bonds is 10. The number of aliphatic hydroxyl groups excluding tert-OH is 1. The summed E-state index contributed by atoms with van der Waals surface area (Å²) < 4.78 is 15.5. The van der Waals surface area contributed by atoms with Gasteiger partial charge in [-0.3, -0.25) is 4.79 Å². The van der Waals surface area contributed by atoms with Crippen molar-refractivity contribution in [3.05, 3.63) is 59.7 Å². The third kappa shape index (κ3) is 6.00. The maximum atomic E-state index is 11.9. The van der Waals surface area contributed by atoms with Gasteiger partial charge < -0.3 is 19.3 Å². The second-order valence-electron chi connectivity index (χ2n) is 6.42. The Kier molecular flexibility index (Phi) is 8.14. The molecule has 27 heavy (non-hydrogen) atoms. The third-order valence-corrected chi connectivity index (χ3v) is 4.80. The lowest BCUT2D eigenvalue weighted by Crippen LogP contribution is -2.13. The van der Waals surface area contributed by atoms with Gasteiger partial charge in [0.2, 0.25) is 0 Å². The lowest BCUT2D eigenvalue weighted by atomic mass is 9.80. The second kappa shape index (κ2) is 10.6. The molecule has 0 amide bonds. The SMILES string of the molecule is COc1ccc([C@@H](C)[C@@H](CCC(=O)OCCO)c2ccc(OC)cc2)cc1.